The molecule has 0 fully saturated rings. The van der Waals surface area contributed by atoms with E-state index in [1.54, 1.807) is 22.4 Å². The Labute approximate surface area is 177 Å². The highest BCUT2D eigenvalue weighted by molar-refractivity contribution is 7.99. The Kier molecular flexibility index (Phi) is 5.55. The molecule has 4 rings (SSSR count). The molecule has 0 aliphatic rings. The zero-order chi connectivity index (χ0) is 20.4. The summed E-state index contributed by atoms with van der Waals surface area (Å²) in [6.07, 6.45) is 1.77. The van der Waals surface area contributed by atoms with E-state index in [1.807, 2.05) is 68.6 Å². The Morgan fingerprint density at radius 2 is 1.90 bits per heavy atom. The van der Waals surface area contributed by atoms with Crippen molar-refractivity contribution in [2.75, 3.05) is 18.6 Å². The smallest absolute Gasteiger partial charge is 0.233 e. The van der Waals surface area contributed by atoms with Gasteiger partial charge < -0.3 is 10.7 Å². The number of hydrogen-bond acceptors (Lipinski definition) is 6. The van der Waals surface area contributed by atoms with Gasteiger partial charge >= 0.3 is 0 Å². The van der Waals surface area contributed by atoms with Crippen LogP contribution in [0.5, 0.6) is 0 Å². The second kappa shape index (κ2) is 8.26. The quantitative estimate of drug-likeness (QED) is 0.372. The lowest BCUT2D eigenvalue weighted by molar-refractivity contribution is -0.128. The molecule has 2 N–H and O–H groups in total. The van der Waals surface area contributed by atoms with E-state index in [0.29, 0.717) is 5.16 Å². The van der Waals surface area contributed by atoms with E-state index in [-0.39, 0.29) is 17.7 Å². The minimum absolute atomic E-state index is 0.00557. The van der Waals surface area contributed by atoms with Crippen molar-refractivity contribution in [2.45, 2.75) is 18.1 Å². The third kappa shape index (κ3) is 4.13. The van der Waals surface area contributed by atoms with Gasteiger partial charge in [0.25, 0.3) is 0 Å². The van der Waals surface area contributed by atoms with E-state index >= 15 is 0 Å². The number of carbonyl (C=O) groups excluding carboxylic acids is 1. The van der Waals surface area contributed by atoms with Gasteiger partial charge in [-0.1, -0.05) is 54.2 Å². The number of fused-ring (bicyclic) bond motifs is 1. The van der Waals surface area contributed by atoms with Gasteiger partial charge in [-0.2, -0.15) is 0 Å². The van der Waals surface area contributed by atoms with Crippen molar-refractivity contribution >= 4 is 39.2 Å². The number of thioether (sulfide) groups is 1. The standard InChI is InChI=1S/C21H21N5OS2/c1-14(20-23-16-10-6-7-11-18(16)29-20)25(2)19(27)13-28-21-24-17(12-26(21)22)15-8-4-3-5-9-15/h3-12,14H,13,22H2,1-2H3/t14-/m1/s1. The Balaban J connectivity index is 1.42. The fraction of sp³-hybridized carbons (Fsp3) is 0.190. The number of imidazole rings is 1. The molecule has 1 atom stereocenters. The number of nitrogens with two attached hydrogens (primary N) is 1. The maximum Gasteiger partial charge on any atom is 0.233 e. The maximum absolute atomic E-state index is 12.7. The maximum atomic E-state index is 12.7. The third-order valence-corrected chi connectivity index (χ3v) is 6.89. The number of hydrogen-bond donors (Lipinski definition) is 1. The lowest BCUT2D eigenvalue weighted by Crippen LogP contribution is -2.31. The lowest BCUT2D eigenvalue weighted by Gasteiger charge is -2.23. The van der Waals surface area contributed by atoms with Gasteiger partial charge in [0.1, 0.15) is 5.01 Å². The zero-order valence-corrected chi connectivity index (χ0v) is 17.8. The molecule has 2 aromatic heterocycles. The van der Waals surface area contributed by atoms with Gasteiger partial charge in [-0.15, -0.1) is 11.3 Å². The van der Waals surface area contributed by atoms with Crippen LogP contribution in [0.4, 0.5) is 0 Å². The van der Waals surface area contributed by atoms with Crippen molar-refractivity contribution in [3.8, 4) is 11.3 Å². The minimum Gasteiger partial charge on any atom is -0.337 e. The Morgan fingerprint density at radius 1 is 1.17 bits per heavy atom. The van der Waals surface area contributed by atoms with E-state index in [2.05, 4.69) is 9.97 Å². The van der Waals surface area contributed by atoms with Crippen molar-refractivity contribution in [1.82, 2.24) is 19.5 Å². The van der Waals surface area contributed by atoms with Crippen LogP contribution >= 0.6 is 23.1 Å². The first-order valence-corrected chi connectivity index (χ1v) is 11.0. The van der Waals surface area contributed by atoms with E-state index in [1.165, 1.54) is 16.4 Å². The fourth-order valence-electron chi connectivity index (χ4n) is 2.91. The lowest BCUT2D eigenvalue weighted by atomic mass is 10.2. The summed E-state index contributed by atoms with van der Waals surface area (Å²) in [6.45, 7) is 2.00. The Morgan fingerprint density at radius 3 is 2.66 bits per heavy atom. The number of carbonyl (C=O) groups is 1. The van der Waals surface area contributed by atoms with Crippen LogP contribution in [-0.4, -0.2) is 38.3 Å². The predicted molar refractivity (Wildman–Crippen MR) is 119 cm³/mol. The molecule has 0 saturated heterocycles. The number of aromatic nitrogens is 3. The van der Waals surface area contributed by atoms with Gasteiger partial charge in [0, 0.05) is 12.6 Å². The first-order valence-electron chi connectivity index (χ1n) is 9.16. The average Bonchev–Trinajstić information content (AvgIpc) is 3.35. The van der Waals surface area contributed by atoms with Gasteiger partial charge in [-0.3, -0.25) is 4.79 Å². The number of nitrogen functional groups attached to an aromatic ring is 1. The van der Waals surface area contributed by atoms with Gasteiger partial charge in [0.15, 0.2) is 5.16 Å². The second-order valence-electron chi connectivity index (χ2n) is 6.67. The van der Waals surface area contributed by atoms with Crippen LogP contribution < -0.4 is 5.84 Å². The molecule has 148 valence electrons. The molecule has 8 heteroatoms. The summed E-state index contributed by atoms with van der Waals surface area (Å²) in [5, 5.41) is 1.54. The van der Waals surface area contributed by atoms with Crippen molar-refractivity contribution < 1.29 is 4.79 Å². The van der Waals surface area contributed by atoms with Crippen LogP contribution in [0.2, 0.25) is 0 Å². The average molecular weight is 424 g/mol. The highest BCUT2D eigenvalue weighted by Gasteiger charge is 2.21. The summed E-state index contributed by atoms with van der Waals surface area (Å²) in [7, 11) is 1.81. The van der Waals surface area contributed by atoms with Crippen LogP contribution in [0, 0.1) is 0 Å². The van der Waals surface area contributed by atoms with Gasteiger partial charge in [0.2, 0.25) is 5.91 Å². The molecule has 0 radical (unpaired) electrons. The number of amides is 1. The van der Waals surface area contributed by atoms with E-state index in [4.69, 9.17) is 5.84 Å². The molecule has 0 spiro atoms. The molecular formula is C21H21N5OS2. The molecule has 0 aliphatic carbocycles. The molecule has 0 unspecified atom stereocenters. The summed E-state index contributed by atoms with van der Waals surface area (Å²) in [5.41, 5.74) is 2.75. The monoisotopic (exact) mass is 423 g/mol. The van der Waals surface area contributed by atoms with Crippen LogP contribution in [0.15, 0.2) is 66.0 Å². The van der Waals surface area contributed by atoms with Crippen molar-refractivity contribution in [3.05, 3.63) is 65.8 Å². The molecule has 6 nitrogen and oxygen atoms in total. The van der Waals surface area contributed by atoms with Crippen LogP contribution in [-0.2, 0) is 4.79 Å². The summed E-state index contributed by atoms with van der Waals surface area (Å²) < 4.78 is 2.60. The van der Waals surface area contributed by atoms with Crippen LogP contribution in [0.25, 0.3) is 21.5 Å². The molecule has 4 aromatic rings. The summed E-state index contributed by atoms with van der Waals surface area (Å²) >= 11 is 2.96. The van der Waals surface area contributed by atoms with Crippen molar-refractivity contribution in [3.63, 3.8) is 0 Å². The topological polar surface area (TPSA) is 77.0 Å². The minimum atomic E-state index is -0.0991. The van der Waals surface area contributed by atoms with Crippen molar-refractivity contribution in [2.24, 2.45) is 0 Å². The Hall–Kier alpha value is -2.84. The highest BCUT2D eigenvalue weighted by atomic mass is 32.2. The highest BCUT2D eigenvalue weighted by Crippen LogP contribution is 2.29. The molecule has 2 heterocycles. The number of para-hydroxylation sites is 1. The SMILES string of the molecule is C[C@H](c1nc2ccccc2s1)N(C)C(=O)CSc1nc(-c2ccccc2)cn1N. The number of benzene rings is 2. The second-order valence-corrected chi connectivity index (χ2v) is 8.68. The fourth-order valence-corrected chi connectivity index (χ4v) is 4.79. The van der Waals surface area contributed by atoms with Gasteiger partial charge in [-0.05, 0) is 19.1 Å². The van der Waals surface area contributed by atoms with E-state index in [9.17, 15) is 4.79 Å². The van der Waals surface area contributed by atoms with E-state index in [0.717, 1.165) is 26.5 Å². The van der Waals surface area contributed by atoms with Gasteiger partial charge in [0.05, 0.1) is 33.9 Å². The van der Waals surface area contributed by atoms with Crippen LogP contribution in [0.3, 0.4) is 0 Å². The molecule has 1 amide bonds. The molecule has 0 saturated carbocycles. The predicted octanol–water partition coefficient (Wildman–Crippen LogP) is 4.19. The molecule has 2 aromatic carbocycles. The summed E-state index contributed by atoms with van der Waals surface area (Å²) in [4.78, 5) is 23.7. The third-order valence-electron chi connectivity index (χ3n) is 4.73. The van der Waals surface area contributed by atoms with Crippen molar-refractivity contribution in [1.29, 1.82) is 0 Å². The number of rotatable bonds is 6. The molecule has 29 heavy (non-hydrogen) atoms. The first kappa shape index (κ1) is 19.5. The van der Waals surface area contributed by atoms with Crippen LogP contribution in [0.1, 0.15) is 18.0 Å². The first-order chi connectivity index (χ1) is 14.0. The Bertz CT molecular complexity index is 1110. The number of nitrogens with zero attached hydrogens (tertiary/aromatic N) is 4. The largest absolute Gasteiger partial charge is 0.337 e. The summed E-state index contributed by atoms with van der Waals surface area (Å²) in [6, 6.07) is 17.7. The molecule has 0 aliphatic heterocycles. The zero-order valence-electron chi connectivity index (χ0n) is 16.1. The van der Waals surface area contributed by atoms with E-state index < -0.39 is 0 Å². The molecular weight excluding hydrogens is 402 g/mol. The number of thiazole rings is 1. The normalized spacial score (nSPS) is 12.2. The van der Waals surface area contributed by atoms with Gasteiger partial charge in [-0.25, -0.2) is 14.6 Å². The summed E-state index contributed by atoms with van der Waals surface area (Å²) in [5.74, 6) is 6.30. The molecule has 0 bridgehead atoms.